The summed E-state index contributed by atoms with van der Waals surface area (Å²) < 4.78 is 5.42. The van der Waals surface area contributed by atoms with E-state index in [1.165, 1.54) is 6.07 Å². The lowest BCUT2D eigenvalue weighted by molar-refractivity contribution is 0.562. The molecule has 4 nitrogen and oxygen atoms in total. The average molecular weight is 314 g/mol. The molecule has 2 aromatic heterocycles. The number of nitrogens with one attached hydrogen (secondary N) is 1. The summed E-state index contributed by atoms with van der Waals surface area (Å²) in [7, 11) is 0. The van der Waals surface area contributed by atoms with Crippen LogP contribution in [0.1, 0.15) is 16.8 Å². The fourth-order valence-electron chi connectivity index (χ4n) is 3.08. The summed E-state index contributed by atoms with van der Waals surface area (Å²) in [5, 5.41) is 10.9. The van der Waals surface area contributed by atoms with Gasteiger partial charge in [-0.3, -0.25) is 0 Å². The number of nitriles is 1. The Labute approximate surface area is 138 Å². The van der Waals surface area contributed by atoms with Crippen LogP contribution in [0.25, 0.3) is 33.0 Å². The zero-order valence-corrected chi connectivity index (χ0v) is 13.3. The molecule has 1 N–H and O–H groups in total. The van der Waals surface area contributed by atoms with Crippen molar-refractivity contribution in [3.63, 3.8) is 0 Å². The predicted molar refractivity (Wildman–Crippen MR) is 94.0 cm³/mol. The van der Waals surface area contributed by atoms with Gasteiger partial charge >= 0.3 is 5.63 Å². The molecule has 4 heteroatoms. The van der Waals surface area contributed by atoms with E-state index in [0.29, 0.717) is 11.1 Å². The molecule has 0 saturated heterocycles. The molecule has 24 heavy (non-hydrogen) atoms. The van der Waals surface area contributed by atoms with E-state index in [-0.39, 0.29) is 5.63 Å². The molecule has 4 rings (SSSR count). The van der Waals surface area contributed by atoms with Crippen LogP contribution >= 0.6 is 0 Å². The van der Waals surface area contributed by atoms with Gasteiger partial charge in [-0.05, 0) is 54.8 Å². The first kappa shape index (κ1) is 14.3. The van der Waals surface area contributed by atoms with Crippen LogP contribution in [0.3, 0.4) is 0 Å². The molecule has 2 heterocycles. The molecule has 0 spiro atoms. The van der Waals surface area contributed by atoms with E-state index in [0.717, 1.165) is 38.7 Å². The zero-order valence-electron chi connectivity index (χ0n) is 13.3. The lowest BCUT2D eigenvalue weighted by Gasteiger charge is -2.06. The van der Waals surface area contributed by atoms with Crippen molar-refractivity contribution in [3.8, 4) is 17.2 Å². The third-order valence-corrected chi connectivity index (χ3v) is 4.50. The van der Waals surface area contributed by atoms with Gasteiger partial charge in [0.15, 0.2) is 0 Å². The van der Waals surface area contributed by atoms with Gasteiger partial charge in [0.05, 0.1) is 11.6 Å². The molecule has 0 aliphatic heterocycles. The van der Waals surface area contributed by atoms with Crippen LogP contribution in [0.5, 0.6) is 0 Å². The summed E-state index contributed by atoms with van der Waals surface area (Å²) in [4.78, 5) is 15.4. The van der Waals surface area contributed by atoms with Crippen LogP contribution in [-0.2, 0) is 0 Å². The Hall–Kier alpha value is -3.32. The Balaban J connectivity index is 2.07. The topological polar surface area (TPSA) is 69.8 Å². The highest BCUT2D eigenvalue weighted by atomic mass is 16.4. The summed E-state index contributed by atoms with van der Waals surface area (Å²) in [6.07, 6.45) is 0. The minimum Gasteiger partial charge on any atom is -0.423 e. The van der Waals surface area contributed by atoms with Gasteiger partial charge in [0, 0.05) is 28.0 Å². The molecule has 0 atom stereocenters. The van der Waals surface area contributed by atoms with Crippen molar-refractivity contribution in [1.29, 1.82) is 5.26 Å². The lowest BCUT2D eigenvalue weighted by Crippen LogP contribution is -1.98. The number of rotatable bonds is 1. The number of nitrogens with zero attached hydrogens (tertiary/aromatic N) is 1. The maximum absolute atomic E-state index is 12.0. The summed E-state index contributed by atoms with van der Waals surface area (Å²) in [6, 6.07) is 14.7. The van der Waals surface area contributed by atoms with Crippen molar-refractivity contribution in [2.75, 3.05) is 0 Å². The van der Waals surface area contributed by atoms with E-state index in [1.807, 2.05) is 38.1 Å². The number of benzene rings is 2. The van der Waals surface area contributed by atoms with Crippen LogP contribution in [-0.4, -0.2) is 4.98 Å². The highest BCUT2D eigenvalue weighted by molar-refractivity contribution is 6.02. The molecule has 0 fully saturated rings. The van der Waals surface area contributed by atoms with Gasteiger partial charge < -0.3 is 9.40 Å². The Kier molecular flexibility index (Phi) is 3.04. The first-order valence-electron chi connectivity index (χ1n) is 7.64. The predicted octanol–water partition coefficient (Wildman–Crippen LogP) is 4.43. The Morgan fingerprint density at radius 1 is 1.04 bits per heavy atom. The molecular formula is C20H14N2O2. The van der Waals surface area contributed by atoms with E-state index in [4.69, 9.17) is 9.68 Å². The molecule has 0 aliphatic rings. The summed E-state index contributed by atoms with van der Waals surface area (Å²) in [5.74, 6) is 0. The molecule has 116 valence electrons. The van der Waals surface area contributed by atoms with Gasteiger partial charge in [-0.1, -0.05) is 12.1 Å². The molecule has 0 saturated carbocycles. The van der Waals surface area contributed by atoms with E-state index in [9.17, 15) is 4.79 Å². The van der Waals surface area contributed by atoms with Crippen LogP contribution in [0.2, 0.25) is 0 Å². The third-order valence-electron chi connectivity index (χ3n) is 4.50. The van der Waals surface area contributed by atoms with Gasteiger partial charge in [-0.15, -0.1) is 0 Å². The largest absolute Gasteiger partial charge is 0.423 e. The fraction of sp³-hybridized carbons (Fsp3) is 0.100. The van der Waals surface area contributed by atoms with Crippen molar-refractivity contribution < 1.29 is 4.42 Å². The Morgan fingerprint density at radius 3 is 2.50 bits per heavy atom. The van der Waals surface area contributed by atoms with Crippen molar-refractivity contribution in [2.24, 2.45) is 0 Å². The Morgan fingerprint density at radius 2 is 1.79 bits per heavy atom. The summed E-state index contributed by atoms with van der Waals surface area (Å²) >= 11 is 0. The minimum absolute atomic E-state index is 0.383. The molecule has 4 aromatic rings. The fourth-order valence-corrected chi connectivity index (χ4v) is 3.08. The quantitative estimate of drug-likeness (QED) is 0.528. The molecule has 2 aromatic carbocycles. The summed E-state index contributed by atoms with van der Waals surface area (Å²) in [5.41, 5.74) is 5.72. The number of H-pyrrole nitrogens is 1. The van der Waals surface area contributed by atoms with E-state index in [2.05, 4.69) is 11.1 Å². The van der Waals surface area contributed by atoms with E-state index in [1.54, 1.807) is 12.1 Å². The highest BCUT2D eigenvalue weighted by Gasteiger charge is 2.12. The van der Waals surface area contributed by atoms with Gasteiger partial charge in [-0.2, -0.15) is 5.26 Å². The van der Waals surface area contributed by atoms with Gasteiger partial charge in [-0.25, -0.2) is 4.79 Å². The number of fused-ring (bicyclic) bond motifs is 2. The van der Waals surface area contributed by atoms with Crippen LogP contribution in [0.15, 0.2) is 51.7 Å². The molecule has 0 aliphatic carbocycles. The average Bonchev–Trinajstić information content (AvgIpc) is 2.86. The van der Waals surface area contributed by atoms with E-state index < -0.39 is 0 Å². The van der Waals surface area contributed by atoms with Crippen molar-refractivity contribution in [2.45, 2.75) is 13.8 Å². The van der Waals surface area contributed by atoms with Crippen molar-refractivity contribution in [3.05, 3.63) is 69.7 Å². The number of aromatic nitrogens is 1. The standard InChI is InChI=1S/C20H14N2O2/c1-11-12(2)22-18-7-17-16(14-5-3-13(10-21)4-6-14)9-20(23)24-19(17)8-15(11)18/h3-9,22H,1-2H3. The van der Waals surface area contributed by atoms with Gasteiger partial charge in [0.25, 0.3) is 0 Å². The van der Waals surface area contributed by atoms with Crippen molar-refractivity contribution in [1.82, 2.24) is 4.98 Å². The molecule has 0 bridgehead atoms. The number of aryl methyl sites for hydroxylation is 2. The monoisotopic (exact) mass is 314 g/mol. The maximum Gasteiger partial charge on any atom is 0.336 e. The maximum atomic E-state index is 12.0. The van der Waals surface area contributed by atoms with Gasteiger partial charge in [0.1, 0.15) is 5.58 Å². The van der Waals surface area contributed by atoms with Crippen LogP contribution in [0, 0.1) is 25.2 Å². The first-order chi connectivity index (χ1) is 11.6. The van der Waals surface area contributed by atoms with Crippen LogP contribution in [0.4, 0.5) is 0 Å². The normalized spacial score (nSPS) is 11.0. The smallest absolute Gasteiger partial charge is 0.336 e. The molecule has 0 radical (unpaired) electrons. The Bertz CT molecular complexity index is 1190. The number of hydrogen-bond acceptors (Lipinski definition) is 3. The second kappa shape index (κ2) is 5.10. The lowest BCUT2D eigenvalue weighted by atomic mass is 9.99. The molecule has 0 unspecified atom stereocenters. The molecular weight excluding hydrogens is 300 g/mol. The highest BCUT2D eigenvalue weighted by Crippen LogP contribution is 2.32. The van der Waals surface area contributed by atoms with Crippen LogP contribution < -0.4 is 5.63 Å². The second-order valence-electron chi connectivity index (χ2n) is 5.94. The SMILES string of the molecule is Cc1[nH]c2cc3c(-c4ccc(C#N)cc4)cc(=O)oc3cc2c1C. The third kappa shape index (κ3) is 2.10. The molecule has 0 amide bonds. The first-order valence-corrected chi connectivity index (χ1v) is 7.64. The van der Waals surface area contributed by atoms with E-state index >= 15 is 0 Å². The number of hydrogen-bond donors (Lipinski definition) is 1. The number of aromatic amines is 1. The summed E-state index contributed by atoms with van der Waals surface area (Å²) in [6.45, 7) is 4.07. The van der Waals surface area contributed by atoms with Crippen molar-refractivity contribution >= 4 is 21.9 Å². The van der Waals surface area contributed by atoms with Gasteiger partial charge in [0.2, 0.25) is 0 Å². The zero-order chi connectivity index (χ0) is 16.8. The second-order valence-corrected chi connectivity index (χ2v) is 5.94. The minimum atomic E-state index is -0.383.